The minimum Gasteiger partial charge on any atom is -0.381 e. The lowest BCUT2D eigenvalue weighted by molar-refractivity contribution is 0.104. The van der Waals surface area contributed by atoms with Crippen LogP contribution in [0.15, 0.2) is 24.5 Å². The summed E-state index contributed by atoms with van der Waals surface area (Å²) in [5.41, 5.74) is 2.24. The number of anilines is 2. The SMILES string of the molecule is CCOC[C@H]1CCCN(c2ncnc3cc(N4CCOCC4)ccc23)C1. The molecule has 3 heterocycles. The second kappa shape index (κ2) is 8.18. The van der Waals surface area contributed by atoms with Crippen molar-refractivity contribution in [3.63, 3.8) is 0 Å². The van der Waals surface area contributed by atoms with Gasteiger partial charge >= 0.3 is 0 Å². The van der Waals surface area contributed by atoms with Crippen molar-refractivity contribution >= 4 is 22.4 Å². The molecule has 2 aromatic rings. The van der Waals surface area contributed by atoms with Crippen molar-refractivity contribution in [3.05, 3.63) is 24.5 Å². The fourth-order valence-corrected chi connectivity index (χ4v) is 3.98. The van der Waals surface area contributed by atoms with Crippen LogP contribution in [0.2, 0.25) is 0 Å². The number of hydrogen-bond donors (Lipinski definition) is 0. The molecule has 0 bridgehead atoms. The van der Waals surface area contributed by atoms with E-state index in [9.17, 15) is 0 Å². The quantitative estimate of drug-likeness (QED) is 0.821. The van der Waals surface area contributed by atoms with Gasteiger partial charge in [0.2, 0.25) is 0 Å². The average molecular weight is 356 g/mol. The number of fused-ring (bicyclic) bond motifs is 1. The predicted molar refractivity (Wildman–Crippen MR) is 104 cm³/mol. The lowest BCUT2D eigenvalue weighted by Crippen LogP contribution is -2.38. The Labute approximate surface area is 155 Å². The highest BCUT2D eigenvalue weighted by atomic mass is 16.5. The van der Waals surface area contributed by atoms with Gasteiger partial charge in [0.1, 0.15) is 12.1 Å². The standard InChI is InChI=1S/C20H28N4O2/c1-2-25-14-16-4-3-7-24(13-16)20-18-6-5-17(12-19(18)21-15-22-20)23-8-10-26-11-9-23/h5-6,12,15-16H,2-4,7-11,13-14H2,1H3/t16-/m0/s1. The fraction of sp³-hybridized carbons (Fsp3) is 0.600. The largest absolute Gasteiger partial charge is 0.381 e. The lowest BCUT2D eigenvalue weighted by atomic mass is 9.98. The summed E-state index contributed by atoms with van der Waals surface area (Å²) in [5, 5.41) is 1.14. The van der Waals surface area contributed by atoms with Crippen LogP contribution in [0.1, 0.15) is 19.8 Å². The molecular formula is C20H28N4O2. The molecule has 4 rings (SSSR count). The molecule has 26 heavy (non-hydrogen) atoms. The predicted octanol–water partition coefficient (Wildman–Crippen LogP) is 2.72. The zero-order valence-corrected chi connectivity index (χ0v) is 15.6. The van der Waals surface area contributed by atoms with E-state index in [2.05, 4.69) is 44.9 Å². The van der Waals surface area contributed by atoms with Crippen LogP contribution in [0.5, 0.6) is 0 Å². The summed E-state index contributed by atoms with van der Waals surface area (Å²) in [7, 11) is 0. The fourth-order valence-electron chi connectivity index (χ4n) is 3.98. The third-order valence-corrected chi connectivity index (χ3v) is 5.35. The highest BCUT2D eigenvalue weighted by Crippen LogP contribution is 2.30. The molecule has 6 heteroatoms. The molecule has 6 nitrogen and oxygen atoms in total. The molecule has 2 aliphatic heterocycles. The Bertz CT molecular complexity index is 733. The third-order valence-electron chi connectivity index (χ3n) is 5.35. The summed E-state index contributed by atoms with van der Waals surface area (Å²) in [5.74, 6) is 1.64. The highest BCUT2D eigenvalue weighted by Gasteiger charge is 2.23. The van der Waals surface area contributed by atoms with E-state index in [4.69, 9.17) is 9.47 Å². The Morgan fingerprint density at radius 2 is 2.04 bits per heavy atom. The molecule has 0 aliphatic carbocycles. The van der Waals surface area contributed by atoms with E-state index in [0.29, 0.717) is 5.92 Å². The van der Waals surface area contributed by atoms with Gasteiger partial charge in [0, 0.05) is 43.9 Å². The number of ether oxygens (including phenoxy) is 2. The molecule has 0 spiro atoms. The van der Waals surface area contributed by atoms with E-state index < -0.39 is 0 Å². The van der Waals surface area contributed by atoms with Crippen LogP contribution in [0.4, 0.5) is 11.5 Å². The number of nitrogens with zero attached hydrogens (tertiary/aromatic N) is 4. The Kier molecular flexibility index (Phi) is 5.51. The molecule has 0 radical (unpaired) electrons. The van der Waals surface area contributed by atoms with E-state index in [1.165, 1.54) is 18.5 Å². The number of piperidine rings is 1. The van der Waals surface area contributed by atoms with E-state index in [-0.39, 0.29) is 0 Å². The van der Waals surface area contributed by atoms with Crippen molar-refractivity contribution < 1.29 is 9.47 Å². The molecule has 1 aromatic carbocycles. The van der Waals surface area contributed by atoms with Gasteiger partial charge in [-0.15, -0.1) is 0 Å². The topological polar surface area (TPSA) is 50.7 Å². The first-order chi connectivity index (χ1) is 12.8. The van der Waals surface area contributed by atoms with Crippen LogP contribution in [-0.4, -0.2) is 62.6 Å². The Hall–Kier alpha value is -1.92. The van der Waals surface area contributed by atoms with Gasteiger partial charge in [-0.3, -0.25) is 0 Å². The summed E-state index contributed by atoms with van der Waals surface area (Å²) < 4.78 is 11.1. The lowest BCUT2D eigenvalue weighted by Gasteiger charge is -2.34. The molecular weight excluding hydrogens is 328 g/mol. The van der Waals surface area contributed by atoms with Crippen molar-refractivity contribution in [2.24, 2.45) is 5.92 Å². The van der Waals surface area contributed by atoms with Gasteiger partial charge in [-0.1, -0.05) is 0 Å². The molecule has 2 saturated heterocycles. The molecule has 1 atom stereocenters. The Morgan fingerprint density at radius 3 is 2.88 bits per heavy atom. The van der Waals surface area contributed by atoms with Crippen LogP contribution in [0.3, 0.4) is 0 Å². The molecule has 0 unspecified atom stereocenters. The molecule has 1 aromatic heterocycles. The van der Waals surface area contributed by atoms with Gasteiger partial charge in [-0.05, 0) is 43.9 Å². The maximum Gasteiger partial charge on any atom is 0.139 e. The van der Waals surface area contributed by atoms with Crippen LogP contribution in [0, 0.1) is 5.92 Å². The van der Waals surface area contributed by atoms with Gasteiger partial charge in [0.15, 0.2) is 0 Å². The number of benzene rings is 1. The highest BCUT2D eigenvalue weighted by molar-refractivity contribution is 5.91. The second-order valence-corrected chi connectivity index (χ2v) is 7.11. The first-order valence-corrected chi connectivity index (χ1v) is 9.75. The molecule has 0 amide bonds. The van der Waals surface area contributed by atoms with Gasteiger partial charge < -0.3 is 19.3 Å². The minimum absolute atomic E-state index is 0.585. The smallest absolute Gasteiger partial charge is 0.139 e. The van der Waals surface area contributed by atoms with Crippen molar-refractivity contribution in [2.45, 2.75) is 19.8 Å². The van der Waals surface area contributed by atoms with E-state index in [1.807, 2.05) is 0 Å². The maximum atomic E-state index is 5.65. The monoisotopic (exact) mass is 356 g/mol. The van der Waals surface area contributed by atoms with Gasteiger partial charge in [0.05, 0.1) is 25.3 Å². The Balaban J connectivity index is 1.57. The summed E-state index contributed by atoms with van der Waals surface area (Å²) in [6.45, 7) is 9.23. The number of aromatic nitrogens is 2. The van der Waals surface area contributed by atoms with E-state index in [1.54, 1.807) is 6.33 Å². The first kappa shape index (κ1) is 17.5. The molecule has 2 fully saturated rings. The van der Waals surface area contributed by atoms with Crippen LogP contribution >= 0.6 is 0 Å². The van der Waals surface area contributed by atoms with Gasteiger partial charge in [0.25, 0.3) is 0 Å². The molecule has 0 saturated carbocycles. The zero-order chi connectivity index (χ0) is 17.8. The zero-order valence-electron chi connectivity index (χ0n) is 15.6. The van der Waals surface area contributed by atoms with Crippen molar-refractivity contribution in [2.75, 3.05) is 62.4 Å². The van der Waals surface area contributed by atoms with Crippen LogP contribution in [-0.2, 0) is 9.47 Å². The minimum atomic E-state index is 0.585. The summed E-state index contributed by atoms with van der Waals surface area (Å²) in [6, 6.07) is 6.57. The van der Waals surface area contributed by atoms with Gasteiger partial charge in [-0.25, -0.2) is 9.97 Å². The second-order valence-electron chi connectivity index (χ2n) is 7.11. The number of rotatable bonds is 5. The summed E-state index contributed by atoms with van der Waals surface area (Å²) >= 11 is 0. The van der Waals surface area contributed by atoms with Crippen LogP contribution in [0.25, 0.3) is 10.9 Å². The van der Waals surface area contributed by atoms with Gasteiger partial charge in [-0.2, -0.15) is 0 Å². The van der Waals surface area contributed by atoms with Crippen molar-refractivity contribution in [1.29, 1.82) is 0 Å². The van der Waals surface area contributed by atoms with Crippen molar-refractivity contribution in [1.82, 2.24) is 9.97 Å². The average Bonchev–Trinajstić information content (AvgIpc) is 2.72. The normalized spacial score (nSPS) is 21.3. The van der Waals surface area contributed by atoms with Crippen molar-refractivity contribution in [3.8, 4) is 0 Å². The first-order valence-electron chi connectivity index (χ1n) is 9.75. The van der Waals surface area contributed by atoms with Crippen LogP contribution < -0.4 is 9.80 Å². The summed E-state index contributed by atoms with van der Waals surface area (Å²) in [4.78, 5) is 13.9. The van der Waals surface area contributed by atoms with E-state index >= 15 is 0 Å². The van der Waals surface area contributed by atoms with E-state index in [0.717, 1.165) is 69.3 Å². The molecule has 0 N–H and O–H groups in total. The molecule has 2 aliphatic rings. The Morgan fingerprint density at radius 1 is 1.15 bits per heavy atom. The number of hydrogen-bond acceptors (Lipinski definition) is 6. The maximum absolute atomic E-state index is 5.65. The number of morpholine rings is 1. The summed E-state index contributed by atoms with van der Waals surface area (Å²) in [6.07, 6.45) is 4.13. The third kappa shape index (κ3) is 3.76. The molecule has 140 valence electrons.